The fourth-order valence-corrected chi connectivity index (χ4v) is 1.52. The van der Waals surface area contributed by atoms with E-state index in [0.717, 1.165) is 12.8 Å². The van der Waals surface area contributed by atoms with Gasteiger partial charge in [0, 0.05) is 5.92 Å². The molecule has 0 saturated heterocycles. The highest BCUT2D eigenvalue weighted by atomic mass is 16.3. The Morgan fingerprint density at radius 1 is 1.23 bits per heavy atom. The minimum atomic E-state index is -0.201. The highest BCUT2D eigenvalue weighted by molar-refractivity contribution is 5.19. The molecule has 1 N–H and O–H groups in total. The highest BCUT2D eigenvalue weighted by Gasteiger charge is 2.14. The molecular formula is C12H18O. The average molecular weight is 178 g/mol. The summed E-state index contributed by atoms with van der Waals surface area (Å²) in [7, 11) is 0. The maximum absolute atomic E-state index is 9.77. The lowest BCUT2D eigenvalue weighted by molar-refractivity contribution is 0.139. The smallest absolute Gasteiger partial charge is 0.0606 e. The Kier molecular flexibility index (Phi) is 3.97. The van der Waals surface area contributed by atoms with Crippen LogP contribution in [-0.4, -0.2) is 11.2 Å². The Bertz CT molecular complexity index is 230. The van der Waals surface area contributed by atoms with Crippen molar-refractivity contribution in [1.82, 2.24) is 0 Å². The Hall–Kier alpha value is -0.820. The second-order valence-corrected chi connectivity index (χ2v) is 3.56. The minimum absolute atomic E-state index is 0.201. The number of aliphatic hydroxyl groups excluding tert-OH is 1. The van der Waals surface area contributed by atoms with Crippen LogP contribution in [0.4, 0.5) is 0 Å². The molecule has 2 atom stereocenters. The molecule has 0 saturated carbocycles. The Morgan fingerprint density at radius 2 is 1.85 bits per heavy atom. The molecule has 0 aromatic heterocycles. The molecule has 1 rings (SSSR count). The first-order chi connectivity index (χ1) is 6.25. The zero-order valence-corrected chi connectivity index (χ0v) is 8.40. The molecule has 13 heavy (non-hydrogen) atoms. The van der Waals surface area contributed by atoms with E-state index < -0.39 is 0 Å². The van der Waals surface area contributed by atoms with Crippen molar-refractivity contribution in [2.45, 2.75) is 38.7 Å². The normalized spacial score (nSPS) is 15.3. The van der Waals surface area contributed by atoms with Gasteiger partial charge in [-0.3, -0.25) is 0 Å². The van der Waals surface area contributed by atoms with Gasteiger partial charge in [0.1, 0.15) is 0 Å². The molecule has 0 radical (unpaired) electrons. The van der Waals surface area contributed by atoms with E-state index in [9.17, 15) is 5.11 Å². The van der Waals surface area contributed by atoms with Gasteiger partial charge in [-0.15, -0.1) is 0 Å². The van der Waals surface area contributed by atoms with Crippen LogP contribution in [0.1, 0.15) is 38.2 Å². The van der Waals surface area contributed by atoms with Crippen LogP contribution in [0.2, 0.25) is 0 Å². The molecule has 0 aliphatic rings. The second-order valence-electron chi connectivity index (χ2n) is 3.56. The number of hydrogen-bond acceptors (Lipinski definition) is 1. The van der Waals surface area contributed by atoms with E-state index in [1.165, 1.54) is 5.56 Å². The third-order valence-electron chi connectivity index (χ3n) is 2.49. The van der Waals surface area contributed by atoms with Gasteiger partial charge in [-0.1, -0.05) is 50.6 Å². The van der Waals surface area contributed by atoms with E-state index >= 15 is 0 Å². The van der Waals surface area contributed by atoms with E-state index in [1.54, 1.807) is 0 Å². The van der Waals surface area contributed by atoms with Gasteiger partial charge in [0.2, 0.25) is 0 Å². The number of aliphatic hydroxyl groups is 1. The van der Waals surface area contributed by atoms with Crippen LogP contribution in [0.25, 0.3) is 0 Å². The Morgan fingerprint density at radius 3 is 2.38 bits per heavy atom. The Labute approximate surface area is 80.4 Å². The first-order valence-electron chi connectivity index (χ1n) is 4.98. The predicted octanol–water partition coefficient (Wildman–Crippen LogP) is 2.95. The molecule has 1 aromatic rings. The summed E-state index contributed by atoms with van der Waals surface area (Å²) in [5.74, 6) is 0.251. The zero-order chi connectivity index (χ0) is 9.68. The van der Waals surface area contributed by atoms with Crippen LogP contribution in [0.5, 0.6) is 0 Å². The third-order valence-corrected chi connectivity index (χ3v) is 2.49. The molecule has 0 amide bonds. The molecular weight excluding hydrogens is 160 g/mol. The first-order valence-corrected chi connectivity index (χ1v) is 4.98. The van der Waals surface area contributed by atoms with Crippen LogP contribution in [0.15, 0.2) is 30.3 Å². The van der Waals surface area contributed by atoms with Crippen molar-refractivity contribution in [2.24, 2.45) is 0 Å². The summed E-state index contributed by atoms with van der Waals surface area (Å²) in [5.41, 5.74) is 1.23. The molecule has 1 nitrogen and oxygen atoms in total. The van der Waals surface area contributed by atoms with Crippen LogP contribution in [0, 0.1) is 0 Å². The zero-order valence-electron chi connectivity index (χ0n) is 8.40. The van der Waals surface area contributed by atoms with Gasteiger partial charge in [0.05, 0.1) is 6.10 Å². The molecule has 0 spiro atoms. The fraction of sp³-hybridized carbons (Fsp3) is 0.500. The van der Waals surface area contributed by atoms with Crippen molar-refractivity contribution in [2.75, 3.05) is 0 Å². The highest BCUT2D eigenvalue weighted by Crippen LogP contribution is 2.21. The number of hydrogen-bond donors (Lipinski definition) is 1. The quantitative estimate of drug-likeness (QED) is 0.751. The molecule has 1 unspecified atom stereocenters. The number of benzene rings is 1. The number of rotatable bonds is 4. The van der Waals surface area contributed by atoms with E-state index in [2.05, 4.69) is 26.0 Å². The average Bonchev–Trinajstić information content (AvgIpc) is 2.18. The van der Waals surface area contributed by atoms with Gasteiger partial charge in [0.15, 0.2) is 0 Å². The van der Waals surface area contributed by atoms with Crippen LogP contribution >= 0.6 is 0 Å². The lowest BCUT2D eigenvalue weighted by Gasteiger charge is -2.18. The second kappa shape index (κ2) is 5.03. The molecule has 1 aromatic carbocycles. The lowest BCUT2D eigenvalue weighted by Crippen LogP contribution is -2.15. The van der Waals surface area contributed by atoms with E-state index in [0.29, 0.717) is 0 Å². The topological polar surface area (TPSA) is 20.2 Å². The van der Waals surface area contributed by atoms with Gasteiger partial charge < -0.3 is 5.11 Å². The predicted molar refractivity (Wildman–Crippen MR) is 55.8 cm³/mol. The van der Waals surface area contributed by atoms with Crippen molar-refractivity contribution < 1.29 is 5.11 Å². The SMILES string of the molecule is CCCC(O)[C@@H](C)c1ccccc1. The molecule has 0 bridgehead atoms. The Balaban J connectivity index is 2.62. The molecule has 72 valence electrons. The van der Waals surface area contributed by atoms with Crippen LogP contribution in [-0.2, 0) is 0 Å². The van der Waals surface area contributed by atoms with E-state index in [1.807, 2.05) is 18.2 Å². The van der Waals surface area contributed by atoms with Crippen molar-refractivity contribution in [1.29, 1.82) is 0 Å². The summed E-state index contributed by atoms with van der Waals surface area (Å²) in [6.45, 7) is 4.18. The van der Waals surface area contributed by atoms with Crippen molar-refractivity contribution >= 4 is 0 Å². The molecule has 0 heterocycles. The molecule has 0 fully saturated rings. The van der Waals surface area contributed by atoms with Crippen molar-refractivity contribution in [3.05, 3.63) is 35.9 Å². The van der Waals surface area contributed by atoms with Crippen molar-refractivity contribution in [3.8, 4) is 0 Å². The summed E-state index contributed by atoms with van der Waals surface area (Å²) in [6.07, 6.45) is 1.72. The monoisotopic (exact) mass is 178 g/mol. The molecule has 0 aliphatic heterocycles. The lowest BCUT2D eigenvalue weighted by atomic mass is 9.93. The van der Waals surface area contributed by atoms with Gasteiger partial charge in [-0.2, -0.15) is 0 Å². The first kappa shape index (κ1) is 10.3. The molecule has 0 aliphatic carbocycles. The van der Waals surface area contributed by atoms with Gasteiger partial charge >= 0.3 is 0 Å². The summed E-state index contributed by atoms with van der Waals surface area (Å²) >= 11 is 0. The van der Waals surface area contributed by atoms with Crippen molar-refractivity contribution in [3.63, 3.8) is 0 Å². The standard InChI is InChI=1S/C12H18O/c1-3-7-12(13)10(2)11-8-5-4-6-9-11/h4-6,8-10,12-13H,3,7H2,1-2H3/t10-,12?/m0/s1. The summed E-state index contributed by atoms with van der Waals surface area (Å²) in [4.78, 5) is 0. The fourth-order valence-electron chi connectivity index (χ4n) is 1.52. The molecule has 1 heteroatoms. The maximum Gasteiger partial charge on any atom is 0.0606 e. The summed E-state index contributed by atoms with van der Waals surface area (Å²) in [6, 6.07) is 10.2. The third kappa shape index (κ3) is 2.85. The largest absolute Gasteiger partial charge is 0.393 e. The summed E-state index contributed by atoms with van der Waals surface area (Å²) < 4.78 is 0. The van der Waals surface area contributed by atoms with Gasteiger partial charge in [0.25, 0.3) is 0 Å². The maximum atomic E-state index is 9.77. The van der Waals surface area contributed by atoms with Gasteiger partial charge in [-0.25, -0.2) is 0 Å². The van der Waals surface area contributed by atoms with Crippen LogP contribution in [0.3, 0.4) is 0 Å². The summed E-state index contributed by atoms with van der Waals surface area (Å²) in [5, 5.41) is 9.77. The van der Waals surface area contributed by atoms with Crippen LogP contribution < -0.4 is 0 Å². The van der Waals surface area contributed by atoms with E-state index in [4.69, 9.17) is 0 Å². The van der Waals surface area contributed by atoms with Gasteiger partial charge in [-0.05, 0) is 12.0 Å². The minimum Gasteiger partial charge on any atom is -0.393 e. The van der Waals surface area contributed by atoms with E-state index in [-0.39, 0.29) is 12.0 Å².